The average Bonchev–Trinajstić information content (AvgIpc) is 2.51. The van der Waals surface area contributed by atoms with Crippen molar-refractivity contribution < 1.29 is 14.6 Å². The molecule has 2 aromatic carbocycles. The monoisotopic (exact) mass is 350 g/mol. The van der Waals surface area contributed by atoms with Gasteiger partial charge >= 0.3 is 0 Å². The van der Waals surface area contributed by atoms with Crippen LogP contribution in [-0.4, -0.2) is 23.2 Å². The van der Waals surface area contributed by atoms with Gasteiger partial charge < -0.3 is 20.5 Å². The van der Waals surface area contributed by atoms with Crippen LogP contribution in [0.25, 0.3) is 0 Å². The van der Waals surface area contributed by atoms with Gasteiger partial charge in [0.05, 0.1) is 19.2 Å². The summed E-state index contributed by atoms with van der Waals surface area (Å²) in [6, 6.07) is 11.6. The van der Waals surface area contributed by atoms with Crippen LogP contribution in [0.5, 0.6) is 11.5 Å². The Hall–Kier alpha value is -2.31. The topological polar surface area (TPSA) is 70.6 Å². The normalized spacial score (nSPS) is 10.0. The van der Waals surface area contributed by atoms with E-state index >= 15 is 0 Å². The Morgan fingerprint density at radius 3 is 2.61 bits per heavy atom. The molecule has 2 aromatic rings. The molecule has 0 aliphatic heterocycles. The van der Waals surface area contributed by atoms with Gasteiger partial charge in [0.1, 0.15) is 11.5 Å². The zero-order valence-electron chi connectivity index (χ0n) is 12.3. The number of benzene rings is 2. The van der Waals surface area contributed by atoms with Crippen molar-refractivity contribution in [3.8, 4) is 11.5 Å². The molecule has 0 aliphatic carbocycles. The highest BCUT2D eigenvalue weighted by Gasteiger charge is 2.09. The Morgan fingerprint density at radius 1 is 1.26 bits per heavy atom. The summed E-state index contributed by atoms with van der Waals surface area (Å²) in [6.07, 6.45) is 0.170. The van der Waals surface area contributed by atoms with E-state index < -0.39 is 0 Å². The van der Waals surface area contributed by atoms with Crippen molar-refractivity contribution in [3.63, 3.8) is 0 Å². The number of hydrogen-bond acceptors (Lipinski definition) is 4. The summed E-state index contributed by atoms with van der Waals surface area (Å²) in [5.74, 6) is 0.285. The fraction of sp³-hybridized carbons (Fsp3) is 0.125. The number of anilines is 1. The molecule has 3 N–H and O–H groups in total. The van der Waals surface area contributed by atoms with Gasteiger partial charge in [-0.2, -0.15) is 0 Å². The molecule has 0 aliphatic rings. The molecule has 0 fully saturated rings. The third-order valence-electron chi connectivity index (χ3n) is 2.98. The molecule has 2 rings (SSSR count). The lowest BCUT2D eigenvalue weighted by Gasteiger charge is -2.12. The van der Waals surface area contributed by atoms with Crippen LogP contribution in [0, 0.1) is 0 Å². The van der Waals surface area contributed by atoms with Gasteiger partial charge in [-0.05, 0) is 42.0 Å². The lowest BCUT2D eigenvalue weighted by atomic mass is 10.1. The molecule has 0 saturated heterocycles. The summed E-state index contributed by atoms with van der Waals surface area (Å²) in [5.41, 5.74) is 1.17. The Bertz CT molecular complexity index is 720. The van der Waals surface area contributed by atoms with Crippen LogP contribution in [0.3, 0.4) is 0 Å². The summed E-state index contributed by atoms with van der Waals surface area (Å²) in [4.78, 5) is 11.9. The molecular weight excluding hydrogens is 336 g/mol. The number of methoxy groups -OCH3 is 1. The first-order chi connectivity index (χ1) is 11.0. The number of hydrogen-bond donors (Lipinski definition) is 3. The van der Waals surface area contributed by atoms with Crippen molar-refractivity contribution in [2.45, 2.75) is 6.42 Å². The highest BCUT2D eigenvalue weighted by molar-refractivity contribution is 7.80. The van der Waals surface area contributed by atoms with Gasteiger partial charge in [0.2, 0.25) is 5.91 Å². The van der Waals surface area contributed by atoms with Gasteiger partial charge in [0, 0.05) is 11.1 Å². The van der Waals surface area contributed by atoms with E-state index in [2.05, 4.69) is 10.6 Å². The first-order valence-corrected chi connectivity index (χ1v) is 7.49. The van der Waals surface area contributed by atoms with Gasteiger partial charge in [0.15, 0.2) is 5.11 Å². The molecule has 120 valence electrons. The van der Waals surface area contributed by atoms with E-state index in [1.165, 1.54) is 13.2 Å². The molecule has 1 amide bonds. The van der Waals surface area contributed by atoms with Crippen molar-refractivity contribution in [2.24, 2.45) is 0 Å². The van der Waals surface area contributed by atoms with Crippen molar-refractivity contribution in [1.82, 2.24) is 5.32 Å². The smallest absolute Gasteiger partial charge is 0.230 e. The lowest BCUT2D eigenvalue weighted by molar-refractivity contribution is -0.119. The van der Waals surface area contributed by atoms with Crippen LogP contribution in [0.4, 0.5) is 5.69 Å². The minimum absolute atomic E-state index is 0.0000928. The van der Waals surface area contributed by atoms with Crippen molar-refractivity contribution in [1.29, 1.82) is 0 Å². The van der Waals surface area contributed by atoms with Crippen LogP contribution >= 0.6 is 23.8 Å². The van der Waals surface area contributed by atoms with Crippen LogP contribution in [0.2, 0.25) is 5.02 Å². The minimum Gasteiger partial charge on any atom is -0.506 e. The number of nitrogens with one attached hydrogen (secondary N) is 2. The van der Waals surface area contributed by atoms with Crippen molar-refractivity contribution in [3.05, 3.63) is 53.1 Å². The highest BCUT2D eigenvalue weighted by Crippen LogP contribution is 2.27. The first kappa shape index (κ1) is 17.1. The number of amides is 1. The third kappa shape index (κ3) is 5.12. The van der Waals surface area contributed by atoms with Crippen molar-refractivity contribution in [2.75, 3.05) is 12.4 Å². The number of phenols is 1. The maximum Gasteiger partial charge on any atom is 0.230 e. The number of thiocarbonyl (C=S) groups is 1. The van der Waals surface area contributed by atoms with Gasteiger partial charge in [-0.25, -0.2) is 0 Å². The molecule has 0 bridgehead atoms. The highest BCUT2D eigenvalue weighted by atomic mass is 35.5. The predicted molar refractivity (Wildman–Crippen MR) is 94.2 cm³/mol. The molecule has 7 heteroatoms. The zero-order chi connectivity index (χ0) is 16.8. The molecule has 0 atom stereocenters. The summed E-state index contributed by atoms with van der Waals surface area (Å²) in [5, 5.41) is 15.8. The van der Waals surface area contributed by atoms with E-state index in [0.717, 1.165) is 5.56 Å². The second kappa shape index (κ2) is 7.80. The summed E-state index contributed by atoms with van der Waals surface area (Å²) in [6.45, 7) is 0. The largest absolute Gasteiger partial charge is 0.506 e. The molecular formula is C16H15ClN2O3S. The van der Waals surface area contributed by atoms with E-state index in [0.29, 0.717) is 16.5 Å². The minimum atomic E-state index is -0.271. The fourth-order valence-corrected chi connectivity index (χ4v) is 2.20. The Labute approximate surface area is 144 Å². The van der Waals surface area contributed by atoms with E-state index in [9.17, 15) is 9.90 Å². The maximum absolute atomic E-state index is 11.9. The van der Waals surface area contributed by atoms with Gasteiger partial charge in [-0.15, -0.1) is 0 Å². The van der Waals surface area contributed by atoms with Crippen molar-refractivity contribution >= 4 is 40.5 Å². The average molecular weight is 351 g/mol. The lowest BCUT2D eigenvalue weighted by Crippen LogP contribution is -2.35. The SMILES string of the molecule is COc1ccc(O)c(NC(=S)NC(=O)Cc2ccc(Cl)cc2)c1. The van der Waals surface area contributed by atoms with Crippen LogP contribution in [-0.2, 0) is 11.2 Å². The summed E-state index contributed by atoms with van der Waals surface area (Å²) < 4.78 is 5.07. The number of phenolic OH excluding ortho intramolecular Hbond substituents is 1. The zero-order valence-corrected chi connectivity index (χ0v) is 13.9. The predicted octanol–water partition coefficient (Wildman–Crippen LogP) is 3.11. The van der Waals surface area contributed by atoms with E-state index in [1.54, 1.807) is 36.4 Å². The quantitative estimate of drug-likeness (QED) is 0.584. The Balaban J connectivity index is 1.94. The fourth-order valence-electron chi connectivity index (χ4n) is 1.85. The van der Waals surface area contributed by atoms with Gasteiger partial charge in [-0.1, -0.05) is 23.7 Å². The number of rotatable bonds is 4. The van der Waals surface area contributed by atoms with Crippen LogP contribution < -0.4 is 15.4 Å². The van der Waals surface area contributed by atoms with Crippen LogP contribution in [0.15, 0.2) is 42.5 Å². The Kier molecular flexibility index (Phi) is 5.78. The molecule has 23 heavy (non-hydrogen) atoms. The second-order valence-corrected chi connectivity index (χ2v) is 5.53. The van der Waals surface area contributed by atoms with E-state index in [4.69, 9.17) is 28.6 Å². The first-order valence-electron chi connectivity index (χ1n) is 6.70. The molecule has 0 heterocycles. The number of halogens is 1. The van der Waals surface area contributed by atoms with Gasteiger partial charge in [-0.3, -0.25) is 4.79 Å². The molecule has 0 spiro atoms. The molecule has 0 aromatic heterocycles. The van der Waals surface area contributed by atoms with E-state index in [-0.39, 0.29) is 23.2 Å². The maximum atomic E-state index is 11.9. The van der Waals surface area contributed by atoms with Crippen LogP contribution in [0.1, 0.15) is 5.56 Å². The summed E-state index contributed by atoms with van der Waals surface area (Å²) >= 11 is 10.9. The molecule has 0 unspecified atom stereocenters. The standard InChI is InChI=1S/C16H15ClN2O3S/c1-22-12-6-7-14(20)13(9-12)18-16(23)19-15(21)8-10-2-4-11(17)5-3-10/h2-7,9,20H,8H2,1H3,(H2,18,19,21,23). The Morgan fingerprint density at radius 2 is 1.96 bits per heavy atom. The number of carbonyl (C=O) groups excluding carboxylic acids is 1. The molecule has 5 nitrogen and oxygen atoms in total. The van der Waals surface area contributed by atoms with Gasteiger partial charge in [0.25, 0.3) is 0 Å². The number of aromatic hydroxyl groups is 1. The number of carbonyl (C=O) groups is 1. The third-order valence-corrected chi connectivity index (χ3v) is 3.44. The molecule has 0 radical (unpaired) electrons. The van der Waals surface area contributed by atoms with E-state index in [1.807, 2.05) is 0 Å². The summed E-state index contributed by atoms with van der Waals surface area (Å²) in [7, 11) is 1.52. The second-order valence-electron chi connectivity index (χ2n) is 4.69. The number of ether oxygens (including phenoxy) is 1. The molecule has 0 saturated carbocycles.